The summed E-state index contributed by atoms with van der Waals surface area (Å²) >= 11 is 1.75. The minimum absolute atomic E-state index is 0.119. The van der Waals surface area contributed by atoms with Gasteiger partial charge in [-0.05, 0) is 58.7 Å². The summed E-state index contributed by atoms with van der Waals surface area (Å²) in [6.45, 7) is 11.4. The lowest BCUT2D eigenvalue weighted by Gasteiger charge is -2.17. The number of hydrogen-bond acceptors (Lipinski definition) is 5. The van der Waals surface area contributed by atoms with E-state index in [0.717, 1.165) is 28.6 Å². The largest absolute Gasteiger partial charge is 0.490 e. The van der Waals surface area contributed by atoms with E-state index in [4.69, 9.17) is 15.2 Å². The molecule has 0 amide bonds. The highest BCUT2D eigenvalue weighted by molar-refractivity contribution is 7.11. The second-order valence-corrected chi connectivity index (χ2v) is 7.45. The van der Waals surface area contributed by atoms with E-state index in [1.807, 2.05) is 33.8 Å². The van der Waals surface area contributed by atoms with Gasteiger partial charge in [-0.1, -0.05) is 6.07 Å². The average molecular weight is 349 g/mol. The number of nitrogens with two attached hydrogens (primary N) is 1. The van der Waals surface area contributed by atoms with E-state index >= 15 is 0 Å². The van der Waals surface area contributed by atoms with Crippen LogP contribution in [0.25, 0.3) is 0 Å². The predicted molar refractivity (Wildman–Crippen MR) is 100 cm³/mol. The molecule has 0 radical (unpaired) electrons. The normalized spacial score (nSPS) is 12.5. The molecule has 1 unspecified atom stereocenters. The zero-order valence-electron chi connectivity index (χ0n) is 15.3. The number of ether oxygens (including phenoxy) is 2. The van der Waals surface area contributed by atoms with Crippen LogP contribution in [-0.2, 0) is 6.42 Å². The van der Waals surface area contributed by atoms with Crippen LogP contribution in [0, 0.1) is 13.8 Å². The molecule has 2 rings (SSSR count). The van der Waals surface area contributed by atoms with Crippen molar-refractivity contribution in [2.45, 2.75) is 53.1 Å². The topological polar surface area (TPSA) is 57.4 Å². The highest BCUT2D eigenvalue weighted by Gasteiger charge is 2.17. The standard InChI is InChI=1S/C19H28N2O2S/c1-6-22-18-10-15(7-8-17(18)23-12(2)3)9-16(11-20)19-21-13(4)14(5)24-19/h7-8,10,12,16H,6,9,11,20H2,1-5H3. The van der Waals surface area contributed by atoms with Gasteiger partial charge in [-0.2, -0.15) is 0 Å². The van der Waals surface area contributed by atoms with Crippen LogP contribution in [-0.4, -0.2) is 24.2 Å². The quantitative estimate of drug-likeness (QED) is 0.775. The first-order valence-electron chi connectivity index (χ1n) is 8.50. The molecule has 1 atom stereocenters. The fourth-order valence-corrected chi connectivity index (χ4v) is 3.56. The van der Waals surface area contributed by atoms with Crippen LogP contribution in [0.1, 0.15) is 47.8 Å². The smallest absolute Gasteiger partial charge is 0.161 e. The van der Waals surface area contributed by atoms with Gasteiger partial charge in [0.2, 0.25) is 0 Å². The van der Waals surface area contributed by atoms with Crippen molar-refractivity contribution in [3.8, 4) is 11.5 Å². The Morgan fingerprint density at radius 2 is 1.96 bits per heavy atom. The number of aromatic nitrogens is 1. The van der Waals surface area contributed by atoms with Crippen LogP contribution in [0.15, 0.2) is 18.2 Å². The summed E-state index contributed by atoms with van der Waals surface area (Å²) in [6, 6.07) is 6.15. The summed E-state index contributed by atoms with van der Waals surface area (Å²) < 4.78 is 11.6. The zero-order chi connectivity index (χ0) is 17.7. The Kier molecular flexibility index (Phi) is 6.63. The molecule has 1 aromatic heterocycles. The van der Waals surface area contributed by atoms with Crippen LogP contribution in [0.3, 0.4) is 0 Å². The number of aryl methyl sites for hydroxylation is 2. The first kappa shape index (κ1) is 18.7. The van der Waals surface area contributed by atoms with Gasteiger partial charge in [0.1, 0.15) is 0 Å². The SMILES string of the molecule is CCOc1cc(CC(CN)c2nc(C)c(C)s2)ccc1OC(C)C. The summed E-state index contributed by atoms with van der Waals surface area (Å²) in [5.74, 6) is 1.82. The molecule has 1 heterocycles. The lowest BCUT2D eigenvalue weighted by Crippen LogP contribution is -2.15. The van der Waals surface area contributed by atoms with E-state index in [1.54, 1.807) is 11.3 Å². The van der Waals surface area contributed by atoms with Crippen LogP contribution >= 0.6 is 11.3 Å². The third kappa shape index (κ3) is 4.71. The van der Waals surface area contributed by atoms with Gasteiger partial charge in [0.25, 0.3) is 0 Å². The van der Waals surface area contributed by atoms with E-state index in [9.17, 15) is 0 Å². The lowest BCUT2D eigenvalue weighted by molar-refractivity contribution is 0.223. The Balaban J connectivity index is 2.22. The molecular weight excluding hydrogens is 320 g/mol. The third-order valence-electron chi connectivity index (χ3n) is 3.83. The molecule has 4 nitrogen and oxygen atoms in total. The van der Waals surface area contributed by atoms with Gasteiger partial charge in [-0.15, -0.1) is 11.3 Å². The van der Waals surface area contributed by atoms with E-state index in [0.29, 0.717) is 13.2 Å². The van der Waals surface area contributed by atoms with Crippen molar-refractivity contribution >= 4 is 11.3 Å². The maximum Gasteiger partial charge on any atom is 0.161 e. The molecular formula is C19H28N2O2S. The fourth-order valence-electron chi connectivity index (χ4n) is 2.53. The van der Waals surface area contributed by atoms with Crippen molar-refractivity contribution in [3.05, 3.63) is 39.3 Å². The summed E-state index contributed by atoms with van der Waals surface area (Å²) in [6.07, 6.45) is 0.971. The van der Waals surface area contributed by atoms with Crippen LogP contribution in [0.4, 0.5) is 0 Å². The number of rotatable bonds is 8. The molecule has 24 heavy (non-hydrogen) atoms. The minimum atomic E-state index is 0.119. The Labute approximate surface area is 149 Å². The second kappa shape index (κ2) is 8.49. The first-order valence-corrected chi connectivity index (χ1v) is 9.32. The Bertz CT molecular complexity index is 648. The molecule has 0 spiro atoms. The molecule has 1 aromatic carbocycles. The molecule has 0 aliphatic carbocycles. The van der Waals surface area contributed by atoms with Gasteiger partial charge in [0, 0.05) is 17.3 Å². The van der Waals surface area contributed by atoms with E-state index in [2.05, 4.69) is 24.0 Å². The second-order valence-electron chi connectivity index (χ2n) is 6.21. The van der Waals surface area contributed by atoms with E-state index in [1.165, 1.54) is 10.4 Å². The monoisotopic (exact) mass is 348 g/mol. The van der Waals surface area contributed by atoms with E-state index < -0.39 is 0 Å². The fraction of sp³-hybridized carbons (Fsp3) is 0.526. The number of hydrogen-bond donors (Lipinski definition) is 1. The van der Waals surface area contributed by atoms with Gasteiger partial charge in [0.15, 0.2) is 11.5 Å². The van der Waals surface area contributed by atoms with Gasteiger partial charge in [0.05, 0.1) is 23.4 Å². The number of thiazole rings is 1. The highest BCUT2D eigenvalue weighted by atomic mass is 32.1. The molecule has 132 valence electrons. The van der Waals surface area contributed by atoms with Gasteiger partial charge < -0.3 is 15.2 Å². The minimum Gasteiger partial charge on any atom is -0.490 e. The third-order valence-corrected chi connectivity index (χ3v) is 5.07. The summed E-state index contributed by atoms with van der Waals surface area (Å²) in [5.41, 5.74) is 8.31. The molecule has 0 aliphatic heterocycles. The van der Waals surface area contributed by atoms with Crippen molar-refractivity contribution < 1.29 is 9.47 Å². The predicted octanol–water partition coefficient (Wildman–Crippen LogP) is 4.23. The first-order chi connectivity index (χ1) is 11.4. The molecule has 0 aliphatic rings. The Hall–Kier alpha value is -1.59. The van der Waals surface area contributed by atoms with Crippen molar-refractivity contribution in [1.82, 2.24) is 4.98 Å². The van der Waals surface area contributed by atoms with Gasteiger partial charge >= 0.3 is 0 Å². The number of benzene rings is 1. The Morgan fingerprint density at radius 1 is 1.21 bits per heavy atom. The summed E-state index contributed by atoms with van der Waals surface area (Å²) in [5, 5.41) is 1.12. The van der Waals surface area contributed by atoms with Gasteiger partial charge in [-0.3, -0.25) is 0 Å². The molecule has 0 saturated carbocycles. The van der Waals surface area contributed by atoms with Crippen LogP contribution in [0.5, 0.6) is 11.5 Å². The maximum atomic E-state index is 6.02. The van der Waals surface area contributed by atoms with Crippen molar-refractivity contribution in [1.29, 1.82) is 0 Å². The lowest BCUT2D eigenvalue weighted by atomic mass is 9.99. The molecule has 0 bridgehead atoms. The summed E-state index contributed by atoms with van der Waals surface area (Å²) in [7, 11) is 0. The summed E-state index contributed by atoms with van der Waals surface area (Å²) in [4.78, 5) is 5.94. The molecule has 2 N–H and O–H groups in total. The van der Waals surface area contributed by atoms with Crippen molar-refractivity contribution in [3.63, 3.8) is 0 Å². The zero-order valence-corrected chi connectivity index (χ0v) is 16.1. The van der Waals surface area contributed by atoms with Crippen molar-refractivity contribution in [2.24, 2.45) is 5.73 Å². The Morgan fingerprint density at radius 3 is 2.50 bits per heavy atom. The molecule has 0 fully saturated rings. The van der Waals surface area contributed by atoms with Gasteiger partial charge in [-0.25, -0.2) is 4.98 Å². The molecule has 2 aromatic rings. The molecule has 5 heteroatoms. The van der Waals surface area contributed by atoms with Crippen molar-refractivity contribution in [2.75, 3.05) is 13.2 Å². The van der Waals surface area contributed by atoms with Crippen LogP contribution in [0.2, 0.25) is 0 Å². The average Bonchev–Trinajstić information content (AvgIpc) is 2.86. The number of nitrogens with zero attached hydrogens (tertiary/aromatic N) is 1. The highest BCUT2D eigenvalue weighted by Crippen LogP contribution is 2.32. The van der Waals surface area contributed by atoms with E-state index in [-0.39, 0.29) is 12.0 Å². The molecule has 0 saturated heterocycles. The van der Waals surface area contributed by atoms with Crippen LogP contribution < -0.4 is 15.2 Å². The maximum absolute atomic E-state index is 6.02.